The Labute approximate surface area is 72.9 Å². The van der Waals surface area contributed by atoms with Gasteiger partial charge in [0, 0.05) is 6.20 Å². The molecule has 0 bridgehead atoms. The molecule has 0 aliphatic carbocycles. The number of amidine groups is 1. The van der Waals surface area contributed by atoms with Crippen LogP contribution in [0.2, 0.25) is 0 Å². The zero-order chi connectivity index (χ0) is 10.1. The number of urea groups is 1. The van der Waals surface area contributed by atoms with Crippen LogP contribution >= 0.6 is 0 Å². The van der Waals surface area contributed by atoms with Crippen molar-refractivity contribution < 1.29 is 4.79 Å². The Hall–Kier alpha value is -1.58. The Kier molecular flexibility index (Phi) is 8.18. The summed E-state index contributed by atoms with van der Waals surface area (Å²) in [6.45, 7) is 10.6. The summed E-state index contributed by atoms with van der Waals surface area (Å²) in [6.07, 6.45) is 2.36. The molecule has 0 aliphatic heterocycles. The molecule has 0 radical (unpaired) electrons. The smallest absolute Gasteiger partial charge is 0.324 e. The van der Waals surface area contributed by atoms with Crippen LogP contribution in [-0.2, 0) is 0 Å². The van der Waals surface area contributed by atoms with Crippen molar-refractivity contribution in [3.05, 3.63) is 25.4 Å². The van der Waals surface area contributed by atoms with E-state index in [0.717, 1.165) is 11.1 Å². The lowest BCUT2D eigenvalue weighted by atomic mass is 10.5. The van der Waals surface area contributed by atoms with E-state index >= 15 is 0 Å². The molecule has 0 aromatic heterocycles. The van der Waals surface area contributed by atoms with Gasteiger partial charge in [-0.25, -0.2) is 4.79 Å². The average molecular weight is 169 g/mol. The first kappa shape index (κ1) is 13.0. The SMILES string of the molecule is C=CC(=N)N(C=C)C(N)=O.CC. The zero-order valence-electron chi connectivity index (χ0n) is 7.50. The molecule has 0 aliphatic rings. The summed E-state index contributed by atoms with van der Waals surface area (Å²) >= 11 is 0. The lowest BCUT2D eigenvalue weighted by molar-refractivity contribution is 0.239. The predicted molar refractivity (Wildman–Crippen MR) is 50.9 cm³/mol. The Morgan fingerprint density at radius 2 is 1.92 bits per heavy atom. The van der Waals surface area contributed by atoms with E-state index in [0.29, 0.717) is 0 Å². The third kappa shape index (κ3) is 4.27. The fourth-order valence-electron chi connectivity index (χ4n) is 0.405. The van der Waals surface area contributed by atoms with Crippen molar-refractivity contribution in [2.24, 2.45) is 5.73 Å². The second-order valence-electron chi connectivity index (χ2n) is 1.48. The highest BCUT2D eigenvalue weighted by atomic mass is 16.2. The third-order valence-electron chi connectivity index (χ3n) is 0.873. The van der Waals surface area contributed by atoms with Gasteiger partial charge in [-0.3, -0.25) is 10.3 Å². The van der Waals surface area contributed by atoms with E-state index in [1.54, 1.807) is 0 Å². The van der Waals surface area contributed by atoms with Crippen LogP contribution in [0.5, 0.6) is 0 Å². The van der Waals surface area contributed by atoms with Gasteiger partial charge in [0.15, 0.2) is 0 Å². The number of primary amides is 1. The first-order valence-corrected chi connectivity index (χ1v) is 3.55. The number of nitrogens with two attached hydrogens (primary N) is 1. The second kappa shape index (κ2) is 7.53. The number of nitrogens with one attached hydrogen (secondary N) is 1. The summed E-state index contributed by atoms with van der Waals surface area (Å²) in [7, 11) is 0. The van der Waals surface area contributed by atoms with Gasteiger partial charge in [-0.05, 0) is 6.08 Å². The van der Waals surface area contributed by atoms with Crippen LogP contribution in [0.3, 0.4) is 0 Å². The highest BCUT2D eigenvalue weighted by Crippen LogP contribution is 1.89. The number of carbonyl (C=O) groups is 1. The number of amides is 2. The van der Waals surface area contributed by atoms with Gasteiger partial charge in [-0.2, -0.15) is 0 Å². The molecule has 0 saturated carbocycles. The fraction of sp³-hybridized carbons (Fsp3) is 0.250. The minimum absolute atomic E-state index is 0.0810. The molecule has 2 amide bonds. The standard InChI is InChI=1S/C6H9N3O.C2H6/c1-3-5(7)9(4-2)6(8)10;1-2/h3-4,7H,1-2H2,(H2,8,10);1-2H3. The van der Waals surface area contributed by atoms with Gasteiger partial charge >= 0.3 is 6.03 Å². The number of nitrogens with zero attached hydrogens (tertiary/aromatic N) is 1. The van der Waals surface area contributed by atoms with E-state index in [-0.39, 0.29) is 5.84 Å². The lowest BCUT2D eigenvalue weighted by Crippen LogP contribution is -2.34. The van der Waals surface area contributed by atoms with E-state index in [2.05, 4.69) is 13.2 Å². The van der Waals surface area contributed by atoms with Gasteiger partial charge in [0.25, 0.3) is 0 Å². The maximum Gasteiger partial charge on any atom is 0.324 e. The predicted octanol–water partition coefficient (Wildman–Crippen LogP) is 1.70. The number of carbonyl (C=O) groups excluding carboxylic acids is 1. The van der Waals surface area contributed by atoms with Crippen molar-refractivity contribution in [3.8, 4) is 0 Å². The highest BCUT2D eigenvalue weighted by molar-refractivity contribution is 6.02. The molecule has 0 saturated heterocycles. The first-order chi connectivity index (χ1) is 5.63. The molecule has 0 spiro atoms. The molecule has 0 atom stereocenters. The zero-order valence-corrected chi connectivity index (χ0v) is 7.50. The van der Waals surface area contributed by atoms with Gasteiger partial charge in [-0.1, -0.05) is 27.0 Å². The molecule has 0 heterocycles. The van der Waals surface area contributed by atoms with E-state index in [9.17, 15) is 4.79 Å². The summed E-state index contributed by atoms with van der Waals surface area (Å²) in [6, 6.07) is -0.736. The van der Waals surface area contributed by atoms with Crippen molar-refractivity contribution in [2.75, 3.05) is 0 Å². The lowest BCUT2D eigenvalue weighted by Gasteiger charge is -2.11. The van der Waals surface area contributed by atoms with Crippen LogP contribution in [0.4, 0.5) is 4.79 Å². The van der Waals surface area contributed by atoms with E-state index in [1.807, 2.05) is 13.8 Å². The van der Waals surface area contributed by atoms with Crippen molar-refractivity contribution in [1.82, 2.24) is 4.90 Å². The number of hydrogen-bond donors (Lipinski definition) is 2. The molecule has 0 rings (SSSR count). The van der Waals surface area contributed by atoms with Gasteiger partial charge < -0.3 is 5.73 Å². The topological polar surface area (TPSA) is 70.2 Å². The molecule has 0 fully saturated rings. The maximum atomic E-state index is 10.4. The van der Waals surface area contributed by atoms with E-state index in [1.165, 1.54) is 6.08 Å². The van der Waals surface area contributed by atoms with Crippen molar-refractivity contribution in [2.45, 2.75) is 13.8 Å². The quantitative estimate of drug-likeness (QED) is 0.479. The van der Waals surface area contributed by atoms with Gasteiger partial charge in [0.1, 0.15) is 5.84 Å². The van der Waals surface area contributed by atoms with E-state index in [4.69, 9.17) is 11.1 Å². The Morgan fingerprint density at radius 1 is 1.50 bits per heavy atom. The normalized spacial score (nSPS) is 7.17. The second-order valence-corrected chi connectivity index (χ2v) is 1.48. The monoisotopic (exact) mass is 169 g/mol. The maximum absolute atomic E-state index is 10.4. The number of hydrogen-bond acceptors (Lipinski definition) is 2. The molecule has 0 unspecified atom stereocenters. The average Bonchev–Trinajstić information content (AvgIpc) is 2.08. The summed E-state index contributed by atoms with van der Waals surface area (Å²) in [5.74, 6) is -0.0810. The molecule has 4 heteroatoms. The molecule has 12 heavy (non-hydrogen) atoms. The molecular formula is C8H15N3O. The van der Waals surface area contributed by atoms with Crippen LogP contribution in [-0.4, -0.2) is 16.8 Å². The van der Waals surface area contributed by atoms with Crippen LogP contribution in [0, 0.1) is 5.41 Å². The Bertz CT molecular complexity index is 187. The van der Waals surface area contributed by atoms with Crippen molar-refractivity contribution in [3.63, 3.8) is 0 Å². The van der Waals surface area contributed by atoms with Crippen LogP contribution in [0.1, 0.15) is 13.8 Å². The van der Waals surface area contributed by atoms with Crippen LogP contribution < -0.4 is 5.73 Å². The largest absolute Gasteiger partial charge is 0.351 e. The van der Waals surface area contributed by atoms with E-state index < -0.39 is 6.03 Å². The summed E-state index contributed by atoms with van der Waals surface area (Å²) in [4.78, 5) is 11.3. The summed E-state index contributed by atoms with van der Waals surface area (Å²) < 4.78 is 0. The van der Waals surface area contributed by atoms with Crippen LogP contribution in [0.25, 0.3) is 0 Å². The summed E-state index contributed by atoms with van der Waals surface area (Å²) in [5.41, 5.74) is 4.85. The van der Waals surface area contributed by atoms with Crippen molar-refractivity contribution in [1.29, 1.82) is 5.41 Å². The third-order valence-corrected chi connectivity index (χ3v) is 0.873. The summed E-state index contributed by atoms with van der Waals surface area (Å²) in [5, 5.41) is 7.06. The Morgan fingerprint density at radius 3 is 2.00 bits per heavy atom. The minimum atomic E-state index is -0.736. The first-order valence-electron chi connectivity index (χ1n) is 3.55. The molecule has 3 N–H and O–H groups in total. The molecule has 4 nitrogen and oxygen atoms in total. The fourth-order valence-corrected chi connectivity index (χ4v) is 0.405. The Balaban J connectivity index is 0. The highest BCUT2D eigenvalue weighted by Gasteiger charge is 2.06. The number of rotatable bonds is 2. The molecule has 0 aromatic rings. The molecule has 68 valence electrons. The molecule has 0 aromatic carbocycles. The van der Waals surface area contributed by atoms with Gasteiger partial charge in [0.2, 0.25) is 0 Å². The molecular weight excluding hydrogens is 154 g/mol. The van der Waals surface area contributed by atoms with Gasteiger partial charge in [0.05, 0.1) is 0 Å². The van der Waals surface area contributed by atoms with Crippen LogP contribution in [0.15, 0.2) is 25.4 Å². The van der Waals surface area contributed by atoms with Gasteiger partial charge in [-0.15, -0.1) is 0 Å². The minimum Gasteiger partial charge on any atom is -0.351 e. The van der Waals surface area contributed by atoms with Crippen molar-refractivity contribution >= 4 is 11.9 Å².